The average Bonchev–Trinajstić information content (AvgIpc) is 3.00. The van der Waals surface area contributed by atoms with E-state index in [1.807, 2.05) is 0 Å². The van der Waals surface area contributed by atoms with Gasteiger partial charge >= 0.3 is 5.91 Å². The van der Waals surface area contributed by atoms with Gasteiger partial charge in [-0.2, -0.15) is 0 Å². The molecule has 1 saturated heterocycles. The first-order valence-electron chi connectivity index (χ1n) is 8.46. The molecule has 0 aliphatic carbocycles. The number of nitrogens with zero attached hydrogens (tertiary/aromatic N) is 3. The second-order valence-corrected chi connectivity index (χ2v) is 6.59. The predicted octanol–water partition coefficient (Wildman–Crippen LogP) is 3.76. The highest BCUT2D eigenvalue weighted by Gasteiger charge is 2.47. The van der Waals surface area contributed by atoms with Crippen LogP contribution in [-0.2, 0) is 9.59 Å². The molecule has 4 rings (SSSR count). The number of ketones is 1. The van der Waals surface area contributed by atoms with E-state index in [2.05, 4.69) is 9.97 Å². The SMILES string of the molecule is O=C1C(=O)N(c2ccccn2)C(c2cccnc2)/C1=C(\O)c1ccc(Cl)cc1. The van der Waals surface area contributed by atoms with Gasteiger partial charge in [-0.15, -0.1) is 0 Å². The molecule has 6 nitrogen and oxygen atoms in total. The minimum atomic E-state index is -0.848. The van der Waals surface area contributed by atoms with Gasteiger partial charge in [0.25, 0.3) is 5.78 Å². The minimum Gasteiger partial charge on any atom is -0.507 e. The number of carbonyl (C=O) groups excluding carboxylic acids is 2. The van der Waals surface area contributed by atoms with Crippen LogP contribution in [0.4, 0.5) is 5.82 Å². The van der Waals surface area contributed by atoms with E-state index in [4.69, 9.17) is 11.6 Å². The number of aliphatic hydroxyl groups excluding tert-OH is 1. The highest BCUT2D eigenvalue weighted by molar-refractivity contribution is 6.51. The molecule has 138 valence electrons. The third-order valence-corrected chi connectivity index (χ3v) is 4.71. The summed E-state index contributed by atoms with van der Waals surface area (Å²) in [5.41, 5.74) is 0.950. The van der Waals surface area contributed by atoms with Crippen LogP contribution in [0.15, 0.2) is 78.8 Å². The molecule has 3 heterocycles. The van der Waals surface area contributed by atoms with E-state index in [0.29, 0.717) is 22.0 Å². The van der Waals surface area contributed by atoms with Crippen LogP contribution in [0.3, 0.4) is 0 Å². The Bertz CT molecular complexity index is 1070. The lowest BCUT2D eigenvalue weighted by Gasteiger charge is -2.24. The van der Waals surface area contributed by atoms with Crippen LogP contribution in [0.1, 0.15) is 17.2 Å². The lowest BCUT2D eigenvalue weighted by atomic mass is 9.96. The van der Waals surface area contributed by atoms with Crippen LogP contribution < -0.4 is 4.90 Å². The van der Waals surface area contributed by atoms with Gasteiger partial charge in [0.1, 0.15) is 11.6 Å². The van der Waals surface area contributed by atoms with Crippen molar-refractivity contribution in [3.63, 3.8) is 0 Å². The Morgan fingerprint density at radius 2 is 1.79 bits per heavy atom. The monoisotopic (exact) mass is 391 g/mol. The maximum absolute atomic E-state index is 12.9. The third kappa shape index (κ3) is 3.04. The number of carbonyl (C=O) groups is 2. The van der Waals surface area contributed by atoms with Crippen molar-refractivity contribution in [2.75, 3.05) is 4.90 Å². The fourth-order valence-corrected chi connectivity index (χ4v) is 3.31. The molecule has 1 unspecified atom stereocenters. The summed E-state index contributed by atoms with van der Waals surface area (Å²) >= 11 is 5.91. The van der Waals surface area contributed by atoms with Crippen molar-refractivity contribution in [1.29, 1.82) is 0 Å². The van der Waals surface area contributed by atoms with Gasteiger partial charge in [0.2, 0.25) is 0 Å². The van der Waals surface area contributed by atoms with E-state index >= 15 is 0 Å². The van der Waals surface area contributed by atoms with Crippen molar-refractivity contribution in [1.82, 2.24) is 9.97 Å². The molecule has 0 bridgehead atoms. The number of aliphatic hydroxyl groups is 1. The number of aromatic nitrogens is 2. The molecule has 0 saturated carbocycles. The molecule has 28 heavy (non-hydrogen) atoms. The second kappa shape index (κ2) is 7.25. The minimum absolute atomic E-state index is 0.0222. The van der Waals surface area contributed by atoms with Crippen LogP contribution in [-0.4, -0.2) is 26.8 Å². The number of amides is 1. The summed E-state index contributed by atoms with van der Waals surface area (Å²) in [6.07, 6.45) is 4.69. The van der Waals surface area contributed by atoms with Crippen LogP contribution in [0.2, 0.25) is 5.02 Å². The number of hydrogen-bond donors (Lipinski definition) is 1. The number of hydrogen-bond acceptors (Lipinski definition) is 5. The summed E-state index contributed by atoms with van der Waals surface area (Å²) in [5.74, 6) is -1.51. The summed E-state index contributed by atoms with van der Waals surface area (Å²) in [5, 5.41) is 11.4. The molecule has 0 radical (unpaired) electrons. The van der Waals surface area contributed by atoms with E-state index < -0.39 is 17.7 Å². The lowest BCUT2D eigenvalue weighted by molar-refractivity contribution is -0.132. The molecule has 0 spiro atoms. The van der Waals surface area contributed by atoms with Crippen LogP contribution >= 0.6 is 11.6 Å². The fourth-order valence-electron chi connectivity index (χ4n) is 3.18. The Kier molecular flexibility index (Phi) is 4.63. The largest absolute Gasteiger partial charge is 0.507 e. The summed E-state index contributed by atoms with van der Waals surface area (Å²) in [6.45, 7) is 0. The van der Waals surface area contributed by atoms with E-state index in [1.54, 1.807) is 67.0 Å². The zero-order chi connectivity index (χ0) is 19.7. The van der Waals surface area contributed by atoms with E-state index in [0.717, 1.165) is 0 Å². The summed E-state index contributed by atoms with van der Waals surface area (Å²) < 4.78 is 0. The summed E-state index contributed by atoms with van der Waals surface area (Å²) in [7, 11) is 0. The molecule has 2 aromatic heterocycles. The molecule has 1 aliphatic heterocycles. The number of pyridine rings is 2. The Hall–Kier alpha value is -3.51. The summed E-state index contributed by atoms with van der Waals surface area (Å²) in [4.78, 5) is 35.3. The first-order valence-corrected chi connectivity index (χ1v) is 8.83. The van der Waals surface area contributed by atoms with Gasteiger partial charge in [-0.25, -0.2) is 4.98 Å². The Balaban J connectivity index is 1.94. The third-order valence-electron chi connectivity index (χ3n) is 4.46. The van der Waals surface area contributed by atoms with Gasteiger partial charge in [-0.3, -0.25) is 19.5 Å². The fraction of sp³-hybridized carbons (Fsp3) is 0.0476. The van der Waals surface area contributed by atoms with E-state index in [1.165, 1.54) is 11.1 Å². The topological polar surface area (TPSA) is 83.4 Å². The van der Waals surface area contributed by atoms with Crippen LogP contribution in [0.25, 0.3) is 5.76 Å². The Morgan fingerprint density at radius 3 is 2.43 bits per heavy atom. The first kappa shape index (κ1) is 17.9. The number of halogens is 1. The lowest BCUT2D eigenvalue weighted by Crippen LogP contribution is -2.30. The highest BCUT2D eigenvalue weighted by atomic mass is 35.5. The van der Waals surface area contributed by atoms with Crippen LogP contribution in [0.5, 0.6) is 0 Å². The van der Waals surface area contributed by atoms with Gasteiger partial charge in [-0.05, 0) is 48.0 Å². The maximum atomic E-state index is 12.9. The standard InChI is InChI=1S/C21H14ClN3O3/c22-15-8-6-13(7-9-15)19(26)17-18(14-4-3-10-23-12-14)25(21(28)20(17)27)16-5-1-2-11-24-16/h1-12,18,26H/b19-17+. The molecule has 1 fully saturated rings. The van der Waals surface area contributed by atoms with Crippen molar-refractivity contribution in [2.45, 2.75) is 6.04 Å². The van der Waals surface area contributed by atoms with E-state index in [-0.39, 0.29) is 11.3 Å². The smallest absolute Gasteiger partial charge is 0.301 e. The molecular weight excluding hydrogens is 378 g/mol. The van der Waals surface area contributed by atoms with Gasteiger partial charge in [0, 0.05) is 29.2 Å². The second-order valence-electron chi connectivity index (χ2n) is 6.15. The number of Topliss-reactive ketones (excluding diaryl/α,β-unsaturated/α-hetero) is 1. The normalized spacial score (nSPS) is 18.5. The van der Waals surface area contributed by atoms with Gasteiger partial charge in [-0.1, -0.05) is 23.7 Å². The van der Waals surface area contributed by atoms with Crippen molar-refractivity contribution in [3.8, 4) is 0 Å². The predicted molar refractivity (Wildman–Crippen MR) is 105 cm³/mol. The molecule has 1 N–H and O–H groups in total. The van der Waals surface area contributed by atoms with Crippen molar-refractivity contribution >= 4 is 34.9 Å². The van der Waals surface area contributed by atoms with Gasteiger partial charge in [0.15, 0.2) is 0 Å². The van der Waals surface area contributed by atoms with Gasteiger partial charge < -0.3 is 5.11 Å². The summed E-state index contributed by atoms with van der Waals surface area (Å²) in [6, 6.07) is 14.1. The zero-order valence-corrected chi connectivity index (χ0v) is 15.2. The number of anilines is 1. The van der Waals surface area contributed by atoms with Gasteiger partial charge in [0.05, 0.1) is 11.6 Å². The van der Waals surface area contributed by atoms with Crippen molar-refractivity contribution in [2.24, 2.45) is 0 Å². The number of benzene rings is 1. The number of rotatable bonds is 3. The Labute approximate surface area is 165 Å². The van der Waals surface area contributed by atoms with Crippen molar-refractivity contribution in [3.05, 3.63) is 94.9 Å². The molecule has 3 aromatic rings. The zero-order valence-electron chi connectivity index (χ0n) is 14.5. The average molecular weight is 392 g/mol. The molecule has 1 amide bonds. The van der Waals surface area contributed by atoms with E-state index in [9.17, 15) is 14.7 Å². The molecular formula is C21H14ClN3O3. The quantitative estimate of drug-likeness (QED) is 0.417. The highest BCUT2D eigenvalue weighted by Crippen LogP contribution is 2.41. The van der Waals surface area contributed by atoms with Crippen LogP contribution in [0, 0.1) is 0 Å². The maximum Gasteiger partial charge on any atom is 0.301 e. The molecule has 1 atom stereocenters. The van der Waals surface area contributed by atoms with Crippen molar-refractivity contribution < 1.29 is 14.7 Å². The molecule has 1 aliphatic rings. The molecule has 1 aromatic carbocycles. The first-order chi connectivity index (χ1) is 13.6. The molecule has 7 heteroatoms. The Morgan fingerprint density at radius 1 is 1.00 bits per heavy atom.